The van der Waals surface area contributed by atoms with E-state index in [0.29, 0.717) is 17.9 Å². The number of hydrogen-bond acceptors (Lipinski definition) is 5. The van der Waals surface area contributed by atoms with Gasteiger partial charge in [0, 0.05) is 12.8 Å². The van der Waals surface area contributed by atoms with E-state index in [9.17, 15) is 10.1 Å². The van der Waals surface area contributed by atoms with Crippen molar-refractivity contribution in [2.24, 2.45) is 0 Å². The number of hydrogen-bond donors (Lipinski definition) is 1. The normalized spacial score (nSPS) is 18.9. The van der Waals surface area contributed by atoms with E-state index in [0.717, 1.165) is 36.4 Å². The van der Waals surface area contributed by atoms with E-state index in [1.54, 1.807) is 21.1 Å². The molecule has 1 unspecified atom stereocenters. The molecule has 7 heteroatoms. The van der Waals surface area contributed by atoms with E-state index in [1.807, 2.05) is 31.2 Å². The number of ether oxygens (including phenoxy) is 2. The molecule has 2 heterocycles. The Labute approximate surface area is 158 Å². The van der Waals surface area contributed by atoms with Gasteiger partial charge < -0.3 is 14.4 Å². The van der Waals surface area contributed by atoms with Gasteiger partial charge in [-0.05, 0) is 37.6 Å². The van der Waals surface area contributed by atoms with Crippen LogP contribution in [0.3, 0.4) is 0 Å². The fraction of sp³-hybridized carbons (Fsp3) is 0.450. The molecule has 1 N–H and O–H groups in total. The number of nitrogens with one attached hydrogen (secondary N) is 1. The summed E-state index contributed by atoms with van der Waals surface area (Å²) < 4.78 is 12.4. The molecule has 1 aliphatic heterocycles. The lowest BCUT2D eigenvalue weighted by Crippen LogP contribution is -3.10. The molecule has 1 aromatic carbocycles. The highest BCUT2D eigenvalue weighted by Crippen LogP contribution is 2.31. The van der Waals surface area contributed by atoms with Crippen LogP contribution in [0.5, 0.6) is 11.5 Å². The number of likely N-dealkylation sites (tertiary alicyclic amines) is 1. The van der Waals surface area contributed by atoms with Crippen LogP contribution in [0, 0.1) is 25.2 Å². The van der Waals surface area contributed by atoms with Crippen LogP contribution in [0.15, 0.2) is 23.0 Å². The number of nitrogens with zero attached hydrogens (tertiary/aromatic N) is 3. The highest BCUT2D eigenvalue weighted by Gasteiger charge is 2.33. The lowest BCUT2D eigenvalue weighted by Gasteiger charge is -2.24. The molecule has 1 saturated heterocycles. The average Bonchev–Trinajstić information content (AvgIpc) is 3.14. The maximum atomic E-state index is 12.6. The number of rotatable bonds is 5. The Balaban J connectivity index is 1.97. The molecular weight excluding hydrogens is 344 g/mol. The first-order valence-corrected chi connectivity index (χ1v) is 9.05. The van der Waals surface area contributed by atoms with Crippen molar-refractivity contribution < 1.29 is 14.4 Å². The van der Waals surface area contributed by atoms with Gasteiger partial charge in [-0.2, -0.15) is 15.0 Å². The summed E-state index contributed by atoms with van der Waals surface area (Å²) in [4.78, 5) is 13.9. The first-order valence-electron chi connectivity index (χ1n) is 9.05. The first-order chi connectivity index (χ1) is 13.0. The zero-order valence-electron chi connectivity index (χ0n) is 16.2. The Kier molecular flexibility index (Phi) is 5.47. The molecule has 142 valence electrons. The Morgan fingerprint density at radius 1 is 1.33 bits per heavy atom. The predicted octanol–water partition coefficient (Wildman–Crippen LogP) is 1.13. The van der Waals surface area contributed by atoms with Gasteiger partial charge in [0.2, 0.25) is 0 Å². The monoisotopic (exact) mass is 369 g/mol. The molecule has 1 aromatic heterocycles. The van der Waals surface area contributed by atoms with Gasteiger partial charge in [-0.25, -0.2) is 0 Å². The Morgan fingerprint density at radius 3 is 2.78 bits per heavy atom. The summed E-state index contributed by atoms with van der Waals surface area (Å²) in [5.41, 5.74) is 2.29. The molecule has 2 atom stereocenters. The molecular formula is C20H25N4O3+. The third kappa shape index (κ3) is 3.53. The van der Waals surface area contributed by atoms with Crippen molar-refractivity contribution in [3.05, 3.63) is 50.9 Å². The van der Waals surface area contributed by atoms with E-state index in [1.165, 1.54) is 9.58 Å². The molecule has 0 bridgehead atoms. The van der Waals surface area contributed by atoms with Gasteiger partial charge in [0.25, 0.3) is 5.56 Å². The SMILES string of the molecule is COc1ccc(OC)c([C@H]2CCC[NH+]2Cn2nc(C)c(C)c(C#N)c2=O)c1. The lowest BCUT2D eigenvalue weighted by atomic mass is 10.0. The number of methoxy groups -OCH3 is 2. The van der Waals surface area contributed by atoms with E-state index in [2.05, 4.69) is 5.10 Å². The Bertz CT molecular complexity index is 945. The third-order valence-electron chi connectivity index (χ3n) is 5.40. The number of benzene rings is 1. The van der Waals surface area contributed by atoms with Crippen molar-refractivity contribution in [2.45, 2.75) is 39.4 Å². The summed E-state index contributed by atoms with van der Waals surface area (Å²) in [7, 11) is 3.31. The molecule has 3 rings (SSSR count). The second-order valence-electron chi connectivity index (χ2n) is 6.87. The minimum atomic E-state index is -0.323. The average molecular weight is 369 g/mol. The lowest BCUT2D eigenvalue weighted by molar-refractivity contribution is -0.941. The Hall–Kier alpha value is -2.85. The van der Waals surface area contributed by atoms with Crippen LogP contribution in [0.2, 0.25) is 0 Å². The summed E-state index contributed by atoms with van der Waals surface area (Å²) in [6.07, 6.45) is 2.04. The zero-order chi connectivity index (χ0) is 19.6. The van der Waals surface area contributed by atoms with Crippen LogP contribution < -0.4 is 19.9 Å². The predicted molar refractivity (Wildman–Crippen MR) is 100 cm³/mol. The van der Waals surface area contributed by atoms with Crippen molar-refractivity contribution in [1.29, 1.82) is 5.26 Å². The van der Waals surface area contributed by atoms with Crippen molar-refractivity contribution >= 4 is 0 Å². The van der Waals surface area contributed by atoms with Gasteiger partial charge in [0.15, 0.2) is 6.67 Å². The third-order valence-corrected chi connectivity index (χ3v) is 5.40. The molecule has 0 aliphatic carbocycles. The van der Waals surface area contributed by atoms with Crippen LogP contribution in [0.25, 0.3) is 0 Å². The molecule has 1 aliphatic rings. The van der Waals surface area contributed by atoms with Crippen LogP contribution >= 0.6 is 0 Å². The molecule has 2 aromatic rings. The van der Waals surface area contributed by atoms with Gasteiger partial charge in [-0.1, -0.05) is 0 Å². The molecule has 0 radical (unpaired) electrons. The van der Waals surface area contributed by atoms with Gasteiger partial charge in [-0.15, -0.1) is 0 Å². The maximum Gasteiger partial charge on any atom is 0.289 e. The number of aromatic nitrogens is 2. The van der Waals surface area contributed by atoms with E-state index < -0.39 is 0 Å². The van der Waals surface area contributed by atoms with E-state index in [-0.39, 0.29) is 17.2 Å². The number of quaternary nitrogens is 1. The summed E-state index contributed by atoms with van der Waals surface area (Å²) in [5.74, 6) is 1.60. The van der Waals surface area contributed by atoms with Gasteiger partial charge in [-0.3, -0.25) is 4.79 Å². The first kappa shape index (κ1) is 18.9. The summed E-state index contributed by atoms with van der Waals surface area (Å²) in [5, 5.41) is 13.8. The second kappa shape index (κ2) is 7.80. The summed E-state index contributed by atoms with van der Waals surface area (Å²) >= 11 is 0. The summed E-state index contributed by atoms with van der Waals surface area (Å²) in [6.45, 7) is 4.93. The van der Waals surface area contributed by atoms with Crippen LogP contribution in [0.4, 0.5) is 0 Å². The van der Waals surface area contributed by atoms with Crippen molar-refractivity contribution in [3.8, 4) is 17.6 Å². The topological polar surface area (TPSA) is 81.6 Å². The fourth-order valence-electron chi connectivity index (χ4n) is 3.79. The molecule has 1 fully saturated rings. The van der Waals surface area contributed by atoms with Gasteiger partial charge in [0.05, 0.1) is 32.0 Å². The number of nitriles is 1. The maximum absolute atomic E-state index is 12.6. The largest absolute Gasteiger partial charge is 0.497 e. The van der Waals surface area contributed by atoms with Crippen molar-refractivity contribution in [1.82, 2.24) is 9.78 Å². The number of aryl methyl sites for hydroxylation is 1. The van der Waals surface area contributed by atoms with Gasteiger partial charge >= 0.3 is 0 Å². The minimum absolute atomic E-state index is 0.177. The molecule has 0 spiro atoms. The van der Waals surface area contributed by atoms with Crippen LogP contribution in [0.1, 0.15) is 41.3 Å². The minimum Gasteiger partial charge on any atom is -0.497 e. The smallest absolute Gasteiger partial charge is 0.289 e. The van der Waals surface area contributed by atoms with E-state index in [4.69, 9.17) is 9.47 Å². The van der Waals surface area contributed by atoms with E-state index >= 15 is 0 Å². The van der Waals surface area contributed by atoms with Gasteiger partial charge in [0.1, 0.15) is 29.2 Å². The highest BCUT2D eigenvalue weighted by molar-refractivity contribution is 5.41. The fourth-order valence-corrected chi connectivity index (χ4v) is 3.79. The molecule has 7 nitrogen and oxygen atoms in total. The molecule has 0 saturated carbocycles. The quantitative estimate of drug-likeness (QED) is 0.854. The second-order valence-corrected chi connectivity index (χ2v) is 6.87. The Morgan fingerprint density at radius 2 is 2.11 bits per heavy atom. The van der Waals surface area contributed by atoms with Crippen LogP contribution in [-0.2, 0) is 6.67 Å². The molecule has 0 amide bonds. The van der Waals surface area contributed by atoms with Crippen molar-refractivity contribution in [2.75, 3.05) is 20.8 Å². The van der Waals surface area contributed by atoms with Crippen molar-refractivity contribution in [3.63, 3.8) is 0 Å². The summed E-state index contributed by atoms with van der Waals surface area (Å²) in [6, 6.07) is 8.01. The zero-order valence-corrected chi connectivity index (χ0v) is 16.2. The highest BCUT2D eigenvalue weighted by atomic mass is 16.5. The van der Waals surface area contributed by atoms with Crippen LogP contribution in [-0.4, -0.2) is 30.5 Å². The molecule has 27 heavy (non-hydrogen) atoms. The standard InChI is InChI=1S/C20H24N4O3/c1-13-14(2)22-24(20(25)17(13)11-21)12-23-9-5-6-18(23)16-10-15(26-3)7-8-19(16)27-4/h7-8,10,18H,5-6,9,12H2,1-4H3/p+1/t18-/m1/s1.